The maximum absolute atomic E-state index is 11.9. The topological polar surface area (TPSA) is 47.6 Å². The molecule has 0 spiro atoms. The van der Waals surface area contributed by atoms with Crippen LogP contribution < -0.4 is 5.32 Å². The molecule has 1 saturated heterocycles. The number of hydrogen-bond acceptors (Lipinski definition) is 4. The Morgan fingerprint density at radius 1 is 1.00 bits per heavy atom. The number of hydrogen-bond donors (Lipinski definition) is 1. The maximum Gasteiger partial charge on any atom is 0.307 e. The number of esters is 1. The van der Waals surface area contributed by atoms with Gasteiger partial charge in [-0.1, -0.05) is 69.3 Å². The molecule has 1 heterocycles. The van der Waals surface area contributed by atoms with Crippen molar-refractivity contribution >= 4 is 5.97 Å². The second-order valence-electron chi connectivity index (χ2n) is 9.02. The van der Waals surface area contributed by atoms with Crippen molar-refractivity contribution in [1.82, 2.24) is 5.32 Å². The highest BCUT2D eigenvalue weighted by Gasteiger charge is 2.34. The molecule has 0 amide bonds. The molecule has 29 heavy (non-hydrogen) atoms. The molecule has 1 aliphatic heterocycles. The number of rotatable bonds is 6. The van der Waals surface area contributed by atoms with E-state index in [1.54, 1.807) is 0 Å². The Morgan fingerprint density at radius 2 is 1.55 bits per heavy atom. The third-order valence-electron chi connectivity index (χ3n) is 5.87. The van der Waals surface area contributed by atoms with Gasteiger partial charge < -0.3 is 14.8 Å². The van der Waals surface area contributed by atoms with E-state index < -0.39 is 0 Å². The SMILES string of the molecule is COC(=O)CC1(NCc2ccc(-c3ccc(C(C)(C)C)cc3)cc2)CCOCC1. The van der Waals surface area contributed by atoms with Gasteiger partial charge >= 0.3 is 5.97 Å². The molecule has 0 bridgehead atoms. The van der Waals surface area contributed by atoms with E-state index in [1.165, 1.54) is 29.4 Å². The molecule has 0 atom stereocenters. The molecule has 1 fully saturated rings. The smallest absolute Gasteiger partial charge is 0.307 e. The third kappa shape index (κ3) is 5.68. The summed E-state index contributed by atoms with van der Waals surface area (Å²) in [6.07, 6.45) is 2.02. The Balaban J connectivity index is 1.66. The van der Waals surface area contributed by atoms with Gasteiger partial charge in [-0.15, -0.1) is 0 Å². The lowest BCUT2D eigenvalue weighted by Crippen LogP contribution is -2.50. The van der Waals surface area contributed by atoms with Crippen LogP contribution in [0.25, 0.3) is 11.1 Å². The van der Waals surface area contributed by atoms with Crippen molar-refractivity contribution in [3.63, 3.8) is 0 Å². The van der Waals surface area contributed by atoms with E-state index in [4.69, 9.17) is 9.47 Å². The lowest BCUT2D eigenvalue weighted by atomic mass is 9.86. The summed E-state index contributed by atoms with van der Waals surface area (Å²) in [4.78, 5) is 11.9. The average Bonchev–Trinajstić information content (AvgIpc) is 2.73. The summed E-state index contributed by atoms with van der Waals surface area (Å²) < 4.78 is 10.4. The highest BCUT2D eigenvalue weighted by atomic mass is 16.5. The molecular formula is C25H33NO3. The third-order valence-corrected chi connectivity index (χ3v) is 5.87. The standard InChI is InChI=1S/C25H33NO3/c1-24(2,3)22-11-9-21(10-12-22)20-7-5-19(6-8-20)18-26-25(17-23(27)28-4)13-15-29-16-14-25/h5-12,26H,13-18H2,1-4H3. The molecule has 4 heteroatoms. The minimum Gasteiger partial charge on any atom is -0.469 e. The van der Waals surface area contributed by atoms with Crippen molar-refractivity contribution in [2.24, 2.45) is 0 Å². The second kappa shape index (κ2) is 9.10. The first kappa shape index (κ1) is 21.5. The van der Waals surface area contributed by atoms with Crippen molar-refractivity contribution in [3.8, 4) is 11.1 Å². The van der Waals surface area contributed by atoms with E-state index in [0.29, 0.717) is 19.6 Å². The van der Waals surface area contributed by atoms with E-state index in [1.807, 2.05) is 0 Å². The molecule has 2 aromatic carbocycles. The van der Waals surface area contributed by atoms with Gasteiger partial charge in [0.15, 0.2) is 0 Å². The molecule has 0 aromatic heterocycles. The number of carbonyl (C=O) groups excluding carboxylic acids is 1. The minimum atomic E-state index is -0.243. The first-order valence-electron chi connectivity index (χ1n) is 10.4. The zero-order chi connectivity index (χ0) is 20.9. The zero-order valence-electron chi connectivity index (χ0n) is 18.1. The van der Waals surface area contributed by atoms with E-state index >= 15 is 0 Å². The monoisotopic (exact) mass is 395 g/mol. The van der Waals surface area contributed by atoms with Crippen LogP contribution in [-0.4, -0.2) is 31.8 Å². The highest BCUT2D eigenvalue weighted by Crippen LogP contribution is 2.28. The van der Waals surface area contributed by atoms with Crippen LogP contribution in [-0.2, 0) is 26.2 Å². The van der Waals surface area contributed by atoms with Crippen LogP contribution in [0.1, 0.15) is 51.2 Å². The van der Waals surface area contributed by atoms with Crippen molar-refractivity contribution < 1.29 is 14.3 Å². The second-order valence-corrected chi connectivity index (χ2v) is 9.02. The number of ether oxygens (including phenoxy) is 2. The molecule has 2 aromatic rings. The Morgan fingerprint density at radius 3 is 2.07 bits per heavy atom. The zero-order valence-corrected chi connectivity index (χ0v) is 18.1. The van der Waals surface area contributed by atoms with Gasteiger partial charge in [0, 0.05) is 25.3 Å². The fourth-order valence-corrected chi connectivity index (χ4v) is 3.79. The lowest BCUT2D eigenvalue weighted by molar-refractivity contribution is -0.143. The van der Waals surface area contributed by atoms with Crippen LogP contribution >= 0.6 is 0 Å². The number of carbonyl (C=O) groups is 1. The number of nitrogens with one attached hydrogen (secondary N) is 1. The van der Waals surface area contributed by atoms with Gasteiger partial charge in [0.1, 0.15) is 0 Å². The van der Waals surface area contributed by atoms with E-state index in [9.17, 15) is 4.79 Å². The Labute approximate surface area is 174 Å². The molecular weight excluding hydrogens is 362 g/mol. The van der Waals surface area contributed by atoms with Gasteiger partial charge in [-0.3, -0.25) is 4.79 Å². The number of methoxy groups -OCH3 is 1. The molecule has 0 radical (unpaired) electrons. The van der Waals surface area contributed by atoms with Gasteiger partial charge in [-0.05, 0) is 40.5 Å². The highest BCUT2D eigenvalue weighted by molar-refractivity contribution is 5.70. The molecule has 1 N–H and O–H groups in total. The molecule has 1 aliphatic rings. The summed E-state index contributed by atoms with van der Waals surface area (Å²) in [5.41, 5.74) is 4.91. The Kier molecular flexibility index (Phi) is 6.76. The minimum absolute atomic E-state index is 0.165. The predicted octanol–water partition coefficient (Wildman–Crippen LogP) is 4.85. The maximum atomic E-state index is 11.9. The normalized spacial score (nSPS) is 16.4. The van der Waals surface area contributed by atoms with Crippen molar-refractivity contribution in [2.45, 2.75) is 57.5 Å². The first-order chi connectivity index (χ1) is 13.8. The van der Waals surface area contributed by atoms with Crippen LogP contribution in [0.5, 0.6) is 0 Å². The summed E-state index contributed by atoms with van der Waals surface area (Å²) in [6, 6.07) is 17.5. The van der Waals surface area contributed by atoms with E-state index in [2.05, 4.69) is 74.6 Å². The summed E-state index contributed by atoms with van der Waals surface area (Å²) in [6.45, 7) is 8.76. The van der Waals surface area contributed by atoms with Crippen LogP contribution in [0.3, 0.4) is 0 Å². The quantitative estimate of drug-likeness (QED) is 0.710. The summed E-state index contributed by atoms with van der Waals surface area (Å²) >= 11 is 0. The molecule has 0 aliphatic carbocycles. The van der Waals surface area contributed by atoms with Crippen LogP contribution in [0.2, 0.25) is 0 Å². The van der Waals surface area contributed by atoms with Crippen molar-refractivity contribution in [3.05, 3.63) is 59.7 Å². The van der Waals surface area contributed by atoms with E-state index in [-0.39, 0.29) is 16.9 Å². The van der Waals surface area contributed by atoms with Crippen LogP contribution in [0.15, 0.2) is 48.5 Å². The predicted molar refractivity (Wildman–Crippen MR) is 117 cm³/mol. The van der Waals surface area contributed by atoms with Crippen molar-refractivity contribution in [2.75, 3.05) is 20.3 Å². The van der Waals surface area contributed by atoms with Crippen LogP contribution in [0.4, 0.5) is 0 Å². The largest absolute Gasteiger partial charge is 0.469 e. The molecule has 156 valence electrons. The fourth-order valence-electron chi connectivity index (χ4n) is 3.79. The molecule has 0 unspecified atom stereocenters. The summed E-state index contributed by atoms with van der Waals surface area (Å²) in [5, 5.41) is 3.62. The fraction of sp³-hybridized carbons (Fsp3) is 0.480. The summed E-state index contributed by atoms with van der Waals surface area (Å²) in [7, 11) is 1.45. The molecule has 3 rings (SSSR count). The van der Waals surface area contributed by atoms with Gasteiger partial charge in [-0.2, -0.15) is 0 Å². The van der Waals surface area contributed by atoms with Gasteiger partial charge in [0.05, 0.1) is 13.5 Å². The van der Waals surface area contributed by atoms with Gasteiger partial charge in [0.25, 0.3) is 0 Å². The summed E-state index contributed by atoms with van der Waals surface area (Å²) in [5.74, 6) is -0.173. The lowest BCUT2D eigenvalue weighted by Gasteiger charge is -2.37. The van der Waals surface area contributed by atoms with Gasteiger partial charge in [0.2, 0.25) is 0 Å². The van der Waals surface area contributed by atoms with Gasteiger partial charge in [-0.25, -0.2) is 0 Å². The molecule has 4 nitrogen and oxygen atoms in total. The Hall–Kier alpha value is -2.17. The number of benzene rings is 2. The average molecular weight is 396 g/mol. The van der Waals surface area contributed by atoms with E-state index in [0.717, 1.165) is 19.4 Å². The first-order valence-corrected chi connectivity index (χ1v) is 10.4. The van der Waals surface area contributed by atoms with Crippen LogP contribution in [0, 0.1) is 0 Å². The van der Waals surface area contributed by atoms with Crippen molar-refractivity contribution in [1.29, 1.82) is 0 Å². The Bertz CT molecular complexity index is 797. The molecule has 0 saturated carbocycles.